The Balaban J connectivity index is 1.52. The molecule has 4 nitrogen and oxygen atoms in total. The maximum atomic E-state index is 5.20. The zero-order valence-electron chi connectivity index (χ0n) is 18.9. The highest BCUT2D eigenvalue weighted by atomic mass is 32.2. The second-order valence-electron chi connectivity index (χ2n) is 8.66. The number of benzene rings is 2. The van der Waals surface area contributed by atoms with Crippen LogP contribution in [0.5, 0.6) is 0 Å². The van der Waals surface area contributed by atoms with E-state index in [2.05, 4.69) is 97.9 Å². The maximum Gasteiger partial charge on any atom is 0.173 e. The van der Waals surface area contributed by atoms with Crippen LogP contribution in [0.1, 0.15) is 36.8 Å². The molecule has 2 heterocycles. The van der Waals surface area contributed by atoms with E-state index in [4.69, 9.17) is 9.97 Å². The minimum atomic E-state index is 0.243. The van der Waals surface area contributed by atoms with Crippen LogP contribution in [0, 0.1) is 11.8 Å². The number of fused-ring (bicyclic) bond motifs is 1. The minimum Gasteiger partial charge on any atom is -0.326 e. The normalized spacial score (nSPS) is 20.3. The molecule has 0 spiro atoms. The Kier molecular flexibility index (Phi) is 5.91. The summed E-state index contributed by atoms with van der Waals surface area (Å²) in [5.41, 5.74) is 3.83. The van der Waals surface area contributed by atoms with Crippen molar-refractivity contribution in [3.63, 3.8) is 0 Å². The largest absolute Gasteiger partial charge is 0.326 e. The molecule has 0 radical (unpaired) electrons. The fraction of sp³-hybridized carbons (Fsp3) is 0.308. The van der Waals surface area contributed by atoms with Gasteiger partial charge in [-0.2, -0.15) is 0 Å². The molecule has 0 saturated carbocycles. The molecule has 1 aliphatic rings. The molecule has 0 unspecified atom stereocenters. The van der Waals surface area contributed by atoms with E-state index in [0.717, 1.165) is 16.7 Å². The molecule has 6 heteroatoms. The molecule has 0 fully saturated rings. The lowest BCUT2D eigenvalue weighted by Crippen LogP contribution is -2.29. The summed E-state index contributed by atoms with van der Waals surface area (Å²) in [6.07, 6.45) is 3.13. The van der Waals surface area contributed by atoms with E-state index in [9.17, 15) is 0 Å². The SMILES string of the molecule is C[C@H]1[C@H](c2cnc(Sc3ccccc3)n2C)c2nc(Sc3ccccc3)n(C)c2C[C@@H]1C. The summed E-state index contributed by atoms with van der Waals surface area (Å²) in [7, 11) is 4.30. The van der Waals surface area contributed by atoms with Crippen molar-refractivity contribution in [1.82, 2.24) is 19.1 Å². The highest BCUT2D eigenvalue weighted by Gasteiger charge is 2.38. The van der Waals surface area contributed by atoms with Crippen molar-refractivity contribution in [2.24, 2.45) is 25.9 Å². The third-order valence-electron chi connectivity index (χ3n) is 6.64. The fourth-order valence-electron chi connectivity index (χ4n) is 4.57. The van der Waals surface area contributed by atoms with E-state index in [1.807, 2.05) is 6.07 Å². The van der Waals surface area contributed by atoms with Crippen LogP contribution in [-0.2, 0) is 20.5 Å². The number of hydrogen-bond acceptors (Lipinski definition) is 4. The molecular weight excluding hydrogens is 432 g/mol. The van der Waals surface area contributed by atoms with Crippen molar-refractivity contribution in [2.45, 2.75) is 46.3 Å². The van der Waals surface area contributed by atoms with Gasteiger partial charge in [0.2, 0.25) is 0 Å². The molecule has 0 bridgehead atoms. The average Bonchev–Trinajstić information content (AvgIpc) is 3.30. The predicted octanol–water partition coefficient (Wildman–Crippen LogP) is 6.42. The smallest absolute Gasteiger partial charge is 0.173 e. The van der Waals surface area contributed by atoms with Gasteiger partial charge in [-0.15, -0.1) is 0 Å². The van der Waals surface area contributed by atoms with Crippen molar-refractivity contribution in [1.29, 1.82) is 0 Å². The number of hydrogen-bond donors (Lipinski definition) is 0. The van der Waals surface area contributed by atoms with Crippen molar-refractivity contribution >= 4 is 23.5 Å². The fourth-order valence-corrected chi connectivity index (χ4v) is 6.31. The van der Waals surface area contributed by atoms with Crippen LogP contribution in [0.25, 0.3) is 0 Å². The van der Waals surface area contributed by atoms with Crippen LogP contribution in [0.15, 0.2) is 87.0 Å². The van der Waals surface area contributed by atoms with Crippen LogP contribution < -0.4 is 0 Å². The van der Waals surface area contributed by atoms with Gasteiger partial charge in [0.05, 0.1) is 11.9 Å². The molecule has 3 atom stereocenters. The summed E-state index contributed by atoms with van der Waals surface area (Å²) in [5.74, 6) is 1.32. The number of rotatable bonds is 5. The summed E-state index contributed by atoms with van der Waals surface area (Å²) < 4.78 is 4.57. The summed E-state index contributed by atoms with van der Waals surface area (Å²) in [4.78, 5) is 12.4. The standard InChI is InChI=1S/C26H28N4S2/c1-17-15-21-24(28-26(29(21)3)32-20-13-9-6-10-14-20)23(18(17)2)22-16-27-25(30(22)4)31-19-11-7-5-8-12-19/h5-14,16-18,23H,15H2,1-4H3/t17-,18+,23+/m0/s1. The molecule has 0 N–H and O–H groups in total. The van der Waals surface area contributed by atoms with Gasteiger partial charge in [0, 0.05) is 41.2 Å². The van der Waals surface area contributed by atoms with Crippen LogP contribution in [0.3, 0.4) is 0 Å². The van der Waals surface area contributed by atoms with Crippen LogP contribution >= 0.6 is 23.5 Å². The molecule has 0 saturated heterocycles. The summed E-state index contributed by atoms with van der Waals surface area (Å²) in [6, 6.07) is 21.0. The van der Waals surface area contributed by atoms with E-state index in [1.54, 1.807) is 23.5 Å². The lowest BCUT2D eigenvalue weighted by atomic mass is 9.73. The van der Waals surface area contributed by atoms with Gasteiger partial charge in [-0.25, -0.2) is 9.97 Å². The molecule has 2 aromatic heterocycles. The summed E-state index contributed by atoms with van der Waals surface area (Å²) in [5, 5.41) is 2.08. The zero-order chi connectivity index (χ0) is 22.2. The molecule has 4 aromatic rings. The molecule has 2 aromatic carbocycles. The highest BCUT2D eigenvalue weighted by molar-refractivity contribution is 7.99. The van der Waals surface area contributed by atoms with Gasteiger partial charge in [0.25, 0.3) is 0 Å². The third kappa shape index (κ3) is 3.90. The molecule has 32 heavy (non-hydrogen) atoms. The van der Waals surface area contributed by atoms with Gasteiger partial charge >= 0.3 is 0 Å². The Labute approximate surface area is 198 Å². The first kappa shape index (κ1) is 21.4. The Hall–Kier alpha value is -2.44. The Morgan fingerprint density at radius 2 is 1.41 bits per heavy atom. The van der Waals surface area contributed by atoms with Gasteiger partial charge in [0.1, 0.15) is 0 Å². The first-order valence-corrected chi connectivity index (χ1v) is 12.7. The molecule has 1 aliphatic carbocycles. The Morgan fingerprint density at radius 3 is 2.03 bits per heavy atom. The van der Waals surface area contributed by atoms with Gasteiger partial charge in [-0.3, -0.25) is 0 Å². The first-order valence-electron chi connectivity index (χ1n) is 11.1. The van der Waals surface area contributed by atoms with Gasteiger partial charge < -0.3 is 9.13 Å². The number of imidazole rings is 2. The number of aromatic nitrogens is 4. The van der Waals surface area contributed by atoms with Crippen molar-refractivity contribution in [3.05, 3.63) is 83.9 Å². The van der Waals surface area contributed by atoms with E-state index >= 15 is 0 Å². The van der Waals surface area contributed by atoms with Gasteiger partial charge in [-0.1, -0.05) is 73.8 Å². The number of nitrogens with zero attached hydrogens (tertiary/aromatic N) is 4. The molecule has 0 amide bonds. The topological polar surface area (TPSA) is 35.6 Å². The Bertz CT molecular complexity index is 1210. The van der Waals surface area contributed by atoms with Gasteiger partial charge in [-0.05, 0) is 42.5 Å². The predicted molar refractivity (Wildman–Crippen MR) is 131 cm³/mol. The quantitative estimate of drug-likeness (QED) is 0.344. The monoisotopic (exact) mass is 460 g/mol. The zero-order valence-corrected chi connectivity index (χ0v) is 20.5. The molecule has 5 rings (SSSR count). The van der Waals surface area contributed by atoms with Crippen molar-refractivity contribution in [2.75, 3.05) is 0 Å². The molecular formula is C26H28N4S2. The van der Waals surface area contributed by atoms with E-state index in [1.165, 1.54) is 26.9 Å². The van der Waals surface area contributed by atoms with Crippen LogP contribution in [0.2, 0.25) is 0 Å². The van der Waals surface area contributed by atoms with Gasteiger partial charge in [0.15, 0.2) is 10.3 Å². The van der Waals surface area contributed by atoms with Crippen LogP contribution in [0.4, 0.5) is 0 Å². The van der Waals surface area contributed by atoms with Crippen LogP contribution in [-0.4, -0.2) is 19.1 Å². The lowest BCUT2D eigenvalue weighted by molar-refractivity contribution is 0.309. The second-order valence-corrected chi connectivity index (χ2v) is 10.7. The average molecular weight is 461 g/mol. The lowest BCUT2D eigenvalue weighted by Gasteiger charge is -2.34. The first-order chi connectivity index (χ1) is 15.5. The Morgan fingerprint density at radius 1 is 0.812 bits per heavy atom. The minimum absolute atomic E-state index is 0.243. The van der Waals surface area contributed by atoms with Crippen molar-refractivity contribution in [3.8, 4) is 0 Å². The third-order valence-corrected chi connectivity index (χ3v) is 8.77. The second kappa shape index (κ2) is 8.83. The molecule has 164 valence electrons. The van der Waals surface area contributed by atoms with E-state index < -0.39 is 0 Å². The maximum absolute atomic E-state index is 5.20. The molecule has 0 aliphatic heterocycles. The van der Waals surface area contributed by atoms with Crippen molar-refractivity contribution < 1.29 is 0 Å². The highest BCUT2D eigenvalue weighted by Crippen LogP contribution is 2.45. The summed E-state index contributed by atoms with van der Waals surface area (Å²) in [6.45, 7) is 4.74. The van der Waals surface area contributed by atoms with E-state index in [-0.39, 0.29) is 5.92 Å². The van der Waals surface area contributed by atoms with E-state index in [0.29, 0.717) is 11.8 Å². The summed E-state index contributed by atoms with van der Waals surface area (Å²) >= 11 is 3.46.